The van der Waals surface area contributed by atoms with Crippen molar-refractivity contribution in [1.29, 1.82) is 0 Å². The number of hydrogen-bond donors (Lipinski definition) is 1. The molecule has 2 amide bonds. The van der Waals surface area contributed by atoms with E-state index in [-0.39, 0.29) is 11.8 Å². The fourth-order valence-corrected chi connectivity index (χ4v) is 6.15. The molecule has 2 aliphatic rings. The predicted octanol–water partition coefficient (Wildman–Crippen LogP) is 5.60. The highest BCUT2D eigenvalue weighted by molar-refractivity contribution is 6.07. The summed E-state index contributed by atoms with van der Waals surface area (Å²) in [7, 11) is 3.25. The average molecular weight is 579 g/mol. The average Bonchev–Trinajstić information content (AvgIpc) is 3.37. The smallest absolute Gasteiger partial charge is 0.267 e. The van der Waals surface area contributed by atoms with Gasteiger partial charge in [-0.05, 0) is 85.6 Å². The Bertz CT molecular complexity index is 1620. The van der Waals surface area contributed by atoms with Gasteiger partial charge in [-0.25, -0.2) is 0 Å². The number of likely N-dealkylation sites (tertiary alicyclic amines) is 1. The summed E-state index contributed by atoms with van der Waals surface area (Å²) in [6.07, 6.45) is 3.75. The van der Waals surface area contributed by atoms with E-state index in [1.807, 2.05) is 77.4 Å². The Balaban J connectivity index is 1.25. The van der Waals surface area contributed by atoms with Crippen LogP contribution in [-0.4, -0.2) is 61.7 Å². The maximum atomic E-state index is 14.1. The Morgan fingerprint density at radius 1 is 0.837 bits per heavy atom. The second kappa shape index (κ2) is 12.8. The van der Waals surface area contributed by atoms with Gasteiger partial charge in [0, 0.05) is 35.6 Å². The Morgan fingerprint density at radius 2 is 1.67 bits per heavy atom. The third-order valence-corrected chi connectivity index (χ3v) is 8.47. The number of anilines is 1. The molecule has 0 atom stereocenters. The lowest BCUT2D eigenvalue weighted by Gasteiger charge is -2.26. The number of benzene rings is 3. The van der Waals surface area contributed by atoms with Crippen molar-refractivity contribution in [2.45, 2.75) is 32.4 Å². The zero-order valence-corrected chi connectivity index (χ0v) is 24.8. The van der Waals surface area contributed by atoms with E-state index in [0.29, 0.717) is 36.6 Å². The van der Waals surface area contributed by atoms with Gasteiger partial charge in [-0.2, -0.15) is 0 Å². The summed E-state index contributed by atoms with van der Waals surface area (Å²) in [6.45, 7) is 4.55. The van der Waals surface area contributed by atoms with Gasteiger partial charge in [0.1, 0.15) is 17.2 Å². The van der Waals surface area contributed by atoms with E-state index >= 15 is 0 Å². The SMILES string of the molecule is COc1cccc(-c2ccc(C(=O)N3Cc4ccc(C(=O)NCCN5CCCCC5)n4Cc4ccccc43)cc2OC)c1. The maximum absolute atomic E-state index is 14.1. The molecular weight excluding hydrogens is 540 g/mol. The molecule has 0 unspecified atom stereocenters. The molecule has 3 aromatic carbocycles. The van der Waals surface area contributed by atoms with Crippen LogP contribution in [0.5, 0.6) is 11.5 Å². The molecule has 1 N–H and O–H groups in total. The predicted molar refractivity (Wildman–Crippen MR) is 168 cm³/mol. The standard InChI is InChI=1S/C35H38N4O4/c1-42-29-11-8-10-25(21-29)30-15-13-26(22-33(30)43-2)35(41)39-24-28-14-16-32(38(28)23-27-9-4-5-12-31(27)39)34(40)36-17-20-37-18-6-3-7-19-37/h4-5,8-16,21-22H,3,6-7,17-20,23-24H2,1-2H3,(H,36,40). The lowest BCUT2D eigenvalue weighted by atomic mass is 10.0. The van der Waals surface area contributed by atoms with E-state index in [2.05, 4.69) is 10.2 Å². The van der Waals surface area contributed by atoms with Crippen molar-refractivity contribution in [1.82, 2.24) is 14.8 Å². The van der Waals surface area contributed by atoms with Crippen molar-refractivity contribution in [2.24, 2.45) is 0 Å². The van der Waals surface area contributed by atoms with E-state index in [9.17, 15) is 9.59 Å². The fourth-order valence-electron chi connectivity index (χ4n) is 6.15. The van der Waals surface area contributed by atoms with Crippen molar-refractivity contribution in [3.05, 3.63) is 101 Å². The van der Waals surface area contributed by atoms with E-state index in [1.54, 1.807) is 25.2 Å². The molecule has 43 heavy (non-hydrogen) atoms. The van der Waals surface area contributed by atoms with Gasteiger partial charge >= 0.3 is 0 Å². The summed E-state index contributed by atoms with van der Waals surface area (Å²) in [6, 6.07) is 25.0. The summed E-state index contributed by atoms with van der Waals surface area (Å²) in [5, 5.41) is 3.12. The van der Waals surface area contributed by atoms with Crippen LogP contribution in [0.25, 0.3) is 11.1 Å². The van der Waals surface area contributed by atoms with Gasteiger partial charge < -0.3 is 29.2 Å². The molecule has 1 saturated heterocycles. The van der Waals surface area contributed by atoms with Crippen LogP contribution in [-0.2, 0) is 13.1 Å². The normalized spacial score (nSPS) is 14.8. The van der Waals surface area contributed by atoms with Crippen LogP contribution in [0.15, 0.2) is 78.9 Å². The molecule has 0 saturated carbocycles. The molecule has 2 aliphatic heterocycles. The maximum Gasteiger partial charge on any atom is 0.267 e. The molecule has 6 rings (SSSR count). The second-order valence-electron chi connectivity index (χ2n) is 11.1. The van der Waals surface area contributed by atoms with E-state index in [1.165, 1.54) is 19.3 Å². The van der Waals surface area contributed by atoms with Crippen LogP contribution in [0.4, 0.5) is 5.69 Å². The highest BCUT2D eigenvalue weighted by atomic mass is 16.5. The molecule has 1 aromatic heterocycles. The Kier molecular flexibility index (Phi) is 8.47. The molecule has 8 nitrogen and oxygen atoms in total. The van der Waals surface area contributed by atoms with Crippen LogP contribution in [0, 0.1) is 0 Å². The summed E-state index contributed by atoms with van der Waals surface area (Å²) >= 11 is 0. The van der Waals surface area contributed by atoms with Crippen molar-refractivity contribution in [3.8, 4) is 22.6 Å². The molecule has 0 radical (unpaired) electrons. The number of carbonyl (C=O) groups is 2. The van der Waals surface area contributed by atoms with E-state index < -0.39 is 0 Å². The van der Waals surface area contributed by atoms with Gasteiger partial charge in [0.25, 0.3) is 11.8 Å². The van der Waals surface area contributed by atoms with Crippen LogP contribution < -0.4 is 19.7 Å². The van der Waals surface area contributed by atoms with Crippen LogP contribution in [0.1, 0.15) is 51.4 Å². The molecule has 8 heteroatoms. The summed E-state index contributed by atoms with van der Waals surface area (Å²) in [5.41, 5.74) is 5.67. The van der Waals surface area contributed by atoms with Gasteiger partial charge in [-0.1, -0.05) is 36.8 Å². The quantitative estimate of drug-likeness (QED) is 0.295. The largest absolute Gasteiger partial charge is 0.497 e. The van der Waals surface area contributed by atoms with Crippen molar-refractivity contribution in [2.75, 3.05) is 45.3 Å². The number of nitrogens with one attached hydrogen (secondary N) is 1. The molecule has 0 aliphatic carbocycles. The molecule has 0 spiro atoms. The number of methoxy groups -OCH3 is 2. The van der Waals surface area contributed by atoms with Gasteiger partial charge in [0.2, 0.25) is 0 Å². The highest BCUT2D eigenvalue weighted by Gasteiger charge is 2.28. The zero-order chi connectivity index (χ0) is 29.8. The number of rotatable bonds is 8. The van der Waals surface area contributed by atoms with Crippen molar-refractivity contribution in [3.63, 3.8) is 0 Å². The lowest BCUT2D eigenvalue weighted by Crippen LogP contribution is -2.38. The first kappa shape index (κ1) is 28.6. The summed E-state index contributed by atoms with van der Waals surface area (Å²) < 4.78 is 13.2. The van der Waals surface area contributed by atoms with Crippen molar-refractivity contribution < 1.29 is 19.1 Å². The van der Waals surface area contributed by atoms with Gasteiger partial charge in [0.05, 0.1) is 27.3 Å². The number of hydrogen-bond acceptors (Lipinski definition) is 5. The van der Waals surface area contributed by atoms with Crippen LogP contribution in [0.3, 0.4) is 0 Å². The number of para-hydroxylation sites is 1. The molecule has 222 valence electrons. The number of carbonyl (C=O) groups excluding carboxylic acids is 2. The first-order valence-electron chi connectivity index (χ1n) is 15.0. The number of ether oxygens (including phenoxy) is 2. The summed E-state index contributed by atoms with van der Waals surface area (Å²) in [5.74, 6) is 1.14. The molecule has 0 bridgehead atoms. The van der Waals surface area contributed by atoms with E-state index in [4.69, 9.17) is 9.47 Å². The number of amides is 2. The first-order chi connectivity index (χ1) is 21.1. The Hall–Kier alpha value is -4.56. The number of aromatic nitrogens is 1. The molecular formula is C35H38N4O4. The van der Waals surface area contributed by atoms with Crippen LogP contribution >= 0.6 is 0 Å². The van der Waals surface area contributed by atoms with Crippen LogP contribution in [0.2, 0.25) is 0 Å². The zero-order valence-electron chi connectivity index (χ0n) is 24.8. The minimum absolute atomic E-state index is 0.0848. The molecule has 3 heterocycles. The van der Waals surface area contributed by atoms with E-state index in [0.717, 1.165) is 53.5 Å². The first-order valence-corrected chi connectivity index (χ1v) is 15.0. The fraction of sp³-hybridized carbons (Fsp3) is 0.314. The lowest BCUT2D eigenvalue weighted by molar-refractivity contribution is 0.0937. The number of nitrogens with zero attached hydrogens (tertiary/aromatic N) is 3. The summed E-state index contributed by atoms with van der Waals surface area (Å²) in [4.78, 5) is 31.6. The van der Waals surface area contributed by atoms with Gasteiger partial charge in [-0.3, -0.25) is 9.59 Å². The number of piperidine rings is 1. The minimum Gasteiger partial charge on any atom is -0.497 e. The van der Waals surface area contributed by atoms with Gasteiger partial charge in [-0.15, -0.1) is 0 Å². The van der Waals surface area contributed by atoms with Gasteiger partial charge in [0.15, 0.2) is 0 Å². The second-order valence-corrected chi connectivity index (χ2v) is 11.1. The molecule has 4 aromatic rings. The monoisotopic (exact) mass is 578 g/mol. The Labute approximate surface area is 252 Å². The minimum atomic E-state index is -0.134. The van der Waals surface area contributed by atoms with Crippen molar-refractivity contribution >= 4 is 17.5 Å². The Morgan fingerprint density at radius 3 is 2.49 bits per heavy atom. The number of fused-ring (bicyclic) bond motifs is 2. The highest BCUT2D eigenvalue weighted by Crippen LogP contribution is 2.35. The molecule has 1 fully saturated rings. The third-order valence-electron chi connectivity index (χ3n) is 8.47. The topological polar surface area (TPSA) is 76.0 Å². The third kappa shape index (κ3) is 6.01.